The molecule has 0 bridgehead atoms. The van der Waals surface area contributed by atoms with E-state index in [9.17, 15) is 9.59 Å². The Kier molecular flexibility index (Phi) is 5.86. The Balaban J connectivity index is 1.70. The SMILES string of the molecule is CC#CCn1c(N2CCCC(N)C2)nc2c1c(=O)n(Cc1nc3ccccc3nc1C)c(=O)n2C. The Morgan fingerprint density at radius 1 is 1.11 bits per heavy atom. The summed E-state index contributed by atoms with van der Waals surface area (Å²) in [6.45, 7) is 5.31. The first-order chi connectivity index (χ1) is 16.9. The fraction of sp³-hybridized carbons (Fsp3) is 0.400. The van der Waals surface area contributed by atoms with Crippen LogP contribution in [-0.2, 0) is 20.1 Å². The van der Waals surface area contributed by atoms with Gasteiger partial charge in [-0.1, -0.05) is 18.1 Å². The Labute approximate surface area is 202 Å². The van der Waals surface area contributed by atoms with Crippen LogP contribution in [0, 0.1) is 18.8 Å². The molecule has 1 aliphatic rings. The average Bonchev–Trinajstić information content (AvgIpc) is 3.24. The number of aromatic nitrogens is 6. The number of imidazole rings is 1. The summed E-state index contributed by atoms with van der Waals surface area (Å²) in [5.74, 6) is 6.56. The summed E-state index contributed by atoms with van der Waals surface area (Å²) in [6.07, 6.45) is 1.88. The van der Waals surface area contributed by atoms with Crippen LogP contribution in [0.4, 0.5) is 5.95 Å². The number of fused-ring (bicyclic) bond motifs is 2. The Hall–Kier alpha value is -3.97. The molecular formula is C25H28N8O2. The maximum atomic E-state index is 13.8. The van der Waals surface area contributed by atoms with Crippen LogP contribution in [0.15, 0.2) is 33.9 Å². The molecule has 4 aromatic rings. The molecule has 0 amide bonds. The molecule has 180 valence electrons. The van der Waals surface area contributed by atoms with E-state index in [1.54, 1.807) is 18.5 Å². The number of anilines is 1. The van der Waals surface area contributed by atoms with Gasteiger partial charge in [0.2, 0.25) is 5.95 Å². The van der Waals surface area contributed by atoms with Crippen LogP contribution in [0.2, 0.25) is 0 Å². The molecule has 1 fully saturated rings. The van der Waals surface area contributed by atoms with Gasteiger partial charge < -0.3 is 10.6 Å². The van der Waals surface area contributed by atoms with Crippen molar-refractivity contribution in [2.75, 3.05) is 18.0 Å². The van der Waals surface area contributed by atoms with Crippen LogP contribution in [0.5, 0.6) is 0 Å². The highest BCUT2D eigenvalue weighted by atomic mass is 16.2. The number of nitrogens with zero attached hydrogens (tertiary/aromatic N) is 7. The summed E-state index contributed by atoms with van der Waals surface area (Å²) in [4.78, 5) is 43.2. The third-order valence-electron chi connectivity index (χ3n) is 6.52. The summed E-state index contributed by atoms with van der Waals surface area (Å²) in [5.41, 5.74) is 8.75. The number of benzene rings is 1. The van der Waals surface area contributed by atoms with Gasteiger partial charge in [0, 0.05) is 26.2 Å². The van der Waals surface area contributed by atoms with Gasteiger partial charge in [-0.2, -0.15) is 4.98 Å². The van der Waals surface area contributed by atoms with Crippen molar-refractivity contribution in [1.82, 2.24) is 28.7 Å². The van der Waals surface area contributed by atoms with Gasteiger partial charge in [-0.15, -0.1) is 5.92 Å². The smallest absolute Gasteiger partial charge is 0.332 e. The van der Waals surface area contributed by atoms with Gasteiger partial charge in [0.05, 0.1) is 35.5 Å². The molecule has 4 heterocycles. The van der Waals surface area contributed by atoms with Crippen molar-refractivity contribution in [2.45, 2.75) is 45.8 Å². The molecule has 5 rings (SSSR count). The fourth-order valence-corrected chi connectivity index (χ4v) is 4.66. The first kappa shape index (κ1) is 22.8. The number of piperidine rings is 1. The molecule has 10 heteroatoms. The highest BCUT2D eigenvalue weighted by Crippen LogP contribution is 2.23. The standard InChI is InChI=1S/C25H28N8O2/c1-4-5-13-32-21-22(29-24(32)31-12-8-9-17(26)14-31)30(3)25(35)33(23(21)34)15-20-16(2)27-18-10-6-7-11-19(18)28-20/h6-7,10-11,17H,8-9,12-15,26H2,1-3H3. The molecule has 1 saturated heterocycles. The van der Waals surface area contributed by atoms with Gasteiger partial charge in [-0.25, -0.2) is 14.8 Å². The predicted molar refractivity (Wildman–Crippen MR) is 135 cm³/mol. The van der Waals surface area contributed by atoms with Crippen LogP contribution >= 0.6 is 0 Å². The van der Waals surface area contributed by atoms with Gasteiger partial charge >= 0.3 is 5.69 Å². The fourth-order valence-electron chi connectivity index (χ4n) is 4.66. The molecule has 10 nitrogen and oxygen atoms in total. The lowest BCUT2D eigenvalue weighted by molar-refractivity contribution is 0.496. The minimum absolute atomic E-state index is 0.0136. The molecule has 35 heavy (non-hydrogen) atoms. The second-order valence-electron chi connectivity index (χ2n) is 8.92. The van der Waals surface area contributed by atoms with E-state index in [0.717, 1.165) is 24.9 Å². The predicted octanol–water partition coefficient (Wildman–Crippen LogP) is 1.15. The second kappa shape index (κ2) is 9.00. The molecule has 1 atom stereocenters. The van der Waals surface area contributed by atoms with E-state index in [1.165, 1.54) is 9.13 Å². The van der Waals surface area contributed by atoms with Crippen molar-refractivity contribution in [3.8, 4) is 11.8 Å². The summed E-state index contributed by atoms with van der Waals surface area (Å²) in [6, 6.07) is 7.57. The highest BCUT2D eigenvalue weighted by molar-refractivity contribution is 5.75. The number of hydrogen-bond acceptors (Lipinski definition) is 7. The second-order valence-corrected chi connectivity index (χ2v) is 8.92. The molecule has 2 N–H and O–H groups in total. The molecule has 0 saturated carbocycles. The van der Waals surface area contributed by atoms with Gasteiger partial charge in [0.25, 0.3) is 5.56 Å². The zero-order valence-corrected chi connectivity index (χ0v) is 20.2. The monoisotopic (exact) mass is 472 g/mol. The van der Waals surface area contributed by atoms with E-state index < -0.39 is 11.2 Å². The number of para-hydroxylation sites is 2. The van der Waals surface area contributed by atoms with Crippen LogP contribution in [0.25, 0.3) is 22.2 Å². The summed E-state index contributed by atoms with van der Waals surface area (Å²) < 4.78 is 4.43. The summed E-state index contributed by atoms with van der Waals surface area (Å²) in [7, 11) is 1.63. The third kappa shape index (κ3) is 3.98. The molecule has 0 aliphatic carbocycles. The molecule has 1 aliphatic heterocycles. The van der Waals surface area contributed by atoms with Gasteiger partial charge in [-0.3, -0.25) is 18.5 Å². The summed E-state index contributed by atoms with van der Waals surface area (Å²) >= 11 is 0. The van der Waals surface area contributed by atoms with Gasteiger partial charge in [0.15, 0.2) is 11.2 Å². The van der Waals surface area contributed by atoms with Crippen LogP contribution < -0.4 is 21.9 Å². The quantitative estimate of drug-likeness (QED) is 0.443. The first-order valence-corrected chi connectivity index (χ1v) is 11.7. The Morgan fingerprint density at radius 3 is 2.57 bits per heavy atom. The van der Waals surface area contributed by atoms with E-state index in [-0.39, 0.29) is 19.1 Å². The average molecular weight is 473 g/mol. The number of nitrogens with two attached hydrogens (primary N) is 1. The lowest BCUT2D eigenvalue weighted by atomic mass is 10.1. The van der Waals surface area contributed by atoms with Crippen molar-refractivity contribution in [3.05, 3.63) is 56.5 Å². The topological polar surface area (TPSA) is 117 Å². The maximum absolute atomic E-state index is 13.8. The lowest BCUT2D eigenvalue weighted by Gasteiger charge is -2.31. The molecule has 0 spiro atoms. The van der Waals surface area contributed by atoms with Crippen LogP contribution in [0.1, 0.15) is 31.2 Å². The van der Waals surface area contributed by atoms with E-state index >= 15 is 0 Å². The first-order valence-electron chi connectivity index (χ1n) is 11.7. The van der Waals surface area contributed by atoms with E-state index in [2.05, 4.69) is 26.7 Å². The number of aryl methyl sites for hydroxylation is 2. The Morgan fingerprint density at radius 2 is 1.86 bits per heavy atom. The van der Waals surface area contributed by atoms with Crippen molar-refractivity contribution >= 4 is 28.1 Å². The molecular weight excluding hydrogens is 444 g/mol. The zero-order chi connectivity index (χ0) is 24.7. The maximum Gasteiger partial charge on any atom is 0.332 e. The van der Waals surface area contributed by atoms with Crippen molar-refractivity contribution < 1.29 is 0 Å². The van der Waals surface area contributed by atoms with E-state index in [0.29, 0.717) is 40.6 Å². The minimum atomic E-state index is -0.454. The minimum Gasteiger partial charge on any atom is -0.341 e. The van der Waals surface area contributed by atoms with Crippen molar-refractivity contribution in [1.29, 1.82) is 0 Å². The highest BCUT2D eigenvalue weighted by Gasteiger charge is 2.26. The lowest BCUT2D eigenvalue weighted by Crippen LogP contribution is -2.44. The number of rotatable bonds is 4. The number of hydrogen-bond donors (Lipinski definition) is 1. The Bertz CT molecular complexity index is 1620. The summed E-state index contributed by atoms with van der Waals surface area (Å²) in [5, 5.41) is 0. The van der Waals surface area contributed by atoms with Gasteiger partial charge in [0.1, 0.15) is 0 Å². The molecule has 1 aromatic carbocycles. The van der Waals surface area contributed by atoms with Crippen LogP contribution in [-0.4, -0.2) is 47.8 Å². The van der Waals surface area contributed by atoms with Gasteiger partial charge in [-0.05, 0) is 38.8 Å². The molecule has 0 radical (unpaired) electrons. The van der Waals surface area contributed by atoms with Crippen molar-refractivity contribution in [2.24, 2.45) is 12.8 Å². The van der Waals surface area contributed by atoms with E-state index in [4.69, 9.17) is 10.7 Å². The van der Waals surface area contributed by atoms with Crippen molar-refractivity contribution in [3.63, 3.8) is 0 Å². The molecule has 3 aromatic heterocycles. The largest absolute Gasteiger partial charge is 0.341 e. The molecule has 1 unspecified atom stereocenters. The van der Waals surface area contributed by atoms with E-state index in [1.807, 2.05) is 31.2 Å². The zero-order valence-electron chi connectivity index (χ0n) is 20.2. The van der Waals surface area contributed by atoms with Crippen LogP contribution in [0.3, 0.4) is 0 Å². The third-order valence-corrected chi connectivity index (χ3v) is 6.52. The normalized spacial score (nSPS) is 16.0.